The van der Waals surface area contributed by atoms with Crippen molar-refractivity contribution < 1.29 is 9.84 Å². The van der Waals surface area contributed by atoms with E-state index in [-0.39, 0.29) is 6.61 Å². The average molecular weight is 178 g/mol. The molecule has 0 fully saturated rings. The Kier molecular flexibility index (Phi) is 7.12. The molecular formula is C8H18O2S. The van der Waals surface area contributed by atoms with Crippen molar-refractivity contribution in [1.29, 1.82) is 0 Å². The van der Waals surface area contributed by atoms with E-state index in [0.717, 1.165) is 12.4 Å². The van der Waals surface area contributed by atoms with Crippen molar-refractivity contribution in [3.05, 3.63) is 0 Å². The molecule has 0 spiro atoms. The average Bonchev–Trinajstić information content (AvgIpc) is 1.97. The van der Waals surface area contributed by atoms with Crippen LogP contribution in [0.2, 0.25) is 0 Å². The van der Waals surface area contributed by atoms with Gasteiger partial charge in [0.1, 0.15) is 0 Å². The first-order valence-corrected chi connectivity index (χ1v) is 5.05. The Morgan fingerprint density at radius 3 is 2.45 bits per heavy atom. The predicted octanol–water partition coefficient (Wildman–Crippen LogP) is 1.53. The van der Waals surface area contributed by atoms with Crippen LogP contribution in [-0.4, -0.2) is 35.4 Å². The number of rotatable bonds is 6. The molecule has 0 aromatic carbocycles. The first-order valence-electron chi connectivity index (χ1n) is 4.01. The molecule has 0 aromatic rings. The standard InChI is InChI=1S/C8H18O2S/c1-7(2)10-4-5-11-8(3)6-9/h7-9H,4-6H2,1-3H3. The monoisotopic (exact) mass is 178 g/mol. The van der Waals surface area contributed by atoms with E-state index in [1.165, 1.54) is 0 Å². The molecule has 1 unspecified atom stereocenters. The third-order valence-corrected chi connectivity index (χ3v) is 2.31. The van der Waals surface area contributed by atoms with E-state index in [4.69, 9.17) is 9.84 Å². The van der Waals surface area contributed by atoms with Gasteiger partial charge in [0.05, 0.1) is 19.3 Å². The van der Waals surface area contributed by atoms with Crippen LogP contribution in [0.1, 0.15) is 20.8 Å². The van der Waals surface area contributed by atoms with Gasteiger partial charge in [-0.25, -0.2) is 0 Å². The fraction of sp³-hybridized carbons (Fsp3) is 1.00. The van der Waals surface area contributed by atoms with E-state index >= 15 is 0 Å². The zero-order chi connectivity index (χ0) is 8.69. The van der Waals surface area contributed by atoms with Gasteiger partial charge in [-0.05, 0) is 13.8 Å². The van der Waals surface area contributed by atoms with Gasteiger partial charge in [-0.1, -0.05) is 6.92 Å². The normalized spacial score (nSPS) is 13.9. The highest BCUT2D eigenvalue weighted by molar-refractivity contribution is 7.99. The summed E-state index contributed by atoms with van der Waals surface area (Å²) < 4.78 is 5.33. The van der Waals surface area contributed by atoms with Crippen LogP contribution in [0.5, 0.6) is 0 Å². The predicted molar refractivity (Wildman–Crippen MR) is 50.1 cm³/mol. The number of aliphatic hydroxyl groups is 1. The molecule has 0 amide bonds. The maximum Gasteiger partial charge on any atom is 0.0560 e. The first kappa shape index (κ1) is 11.3. The lowest BCUT2D eigenvalue weighted by Gasteiger charge is -2.09. The van der Waals surface area contributed by atoms with Gasteiger partial charge in [-0.15, -0.1) is 0 Å². The SMILES string of the molecule is CC(C)OCCSC(C)CO. The Morgan fingerprint density at radius 1 is 1.36 bits per heavy atom. The van der Waals surface area contributed by atoms with E-state index in [2.05, 4.69) is 0 Å². The number of hydrogen-bond acceptors (Lipinski definition) is 3. The van der Waals surface area contributed by atoms with Crippen molar-refractivity contribution in [2.24, 2.45) is 0 Å². The lowest BCUT2D eigenvalue weighted by atomic mass is 10.5. The second-order valence-electron chi connectivity index (χ2n) is 2.78. The third-order valence-electron chi connectivity index (χ3n) is 1.19. The molecule has 0 rings (SSSR count). The van der Waals surface area contributed by atoms with Crippen LogP contribution in [0.3, 0.4) is 0 Å². The van der Waals surface area contributed by atoms with Crippen LogP contribution in [0.4, 0.5) is 0 Å². The number of thioether (sulfide) groups is 1. The molecule has 11 heavy (non-hydrogen) atoms. The van der Waals surface area contributed by atoms with Crippen molar-refractivity contribution in [2.45, 2.75) is 32.1 Å². The molecule has 1 N–H and O–H groups in total. The van der Waals surface area contributed by atoms with E-state index in [1.807, 2.05) is 20.8 Å². The highest BCUT2D eigenvalue weighted by atomic mass is 32.2. The van der Waals surface area contributed by atoms with Gasteiger partial charge in [-0.3, -0.25) is 0 Å². The summed E-state index contributed by atoms with van der Waals surface area (Å²) in [5.74, 6) is 0.972. The molecule has 0 aromatic heterocycles. The van der Waals surface area contributed by atoms with Crippen molar-refractivity contribution in [3.8, 4) is 0 Å². The lowest BCUT2D eigenvalue weighted by molar-refractivity contribution is 0.0920. The summed E-state index contributed by atoms with van der Waals surface area (Å²) in [7, 11) is 0. The Morgan fingerprint density at radius 2 is 2.00 bits per heavy atom. The minimum atomic E-state index is 0.256. The maximum atomic E-state index is 8.68. The lowest BCUT2D eigenvalue weighted by Crippen LogP contribution is -2.09. The molecule has 0 saturated carbocycles. The Bertz CT molecular complexity index is 86.2. The van der Waals surface area contributed by atoms with Crippen LogP contribution in [-0.2, 0) is 4.74 Å². The first-order chi connectivity index (χ1) is 5.16. The summed E-state index contributed by atoms with van der Waals surface area (Å²) >= 11 is 1.74. The molecule has 0 saturated heterocycles. The Hall–Kier alpha value is 0.270. The molecule has 0 heterocycles. The molecule has 68 valence electrons. The number of ether oxygens (including phenoxy) is 1. The van der Waals surface area contributed by atoms with E-state index in [1.54, 1.807) is 11.8 Å². The van der Waals surface area contributed by atoms with Gasteiger partial charge in [0.15, 0.2) is 0 Å². The minimum Gasteiger partial charge on any atom is -0.395 e. The minimum absolute atomic E-state index is 0.256. The summed E-state index contributed by atoms with van der Waals surface area (Å²) in [5.41, 5.74) is 0. The maximum absolute atomic E-state index is 8.68. The number of hydrogen-bond donors (Lipinski definition) is 1. The fourth-order valence-corrected chi connectivity index (χ4v) is 1.29. The summed E-state index contributed by atoms with van der Waals surface area (Å²) in [5, 5.41) is 9.02. The van der Waals surface area contributed by atoms with E-state index in [9.17, 15) is 0 Å². The van der Waals surface area contributed by atoms with Gasteiger partial charge in [-0.2, -0.15) is 11.8 Å². The summed E-state index contributed by atoms with van der Waals surface area (Å²) in [4.78, 5) is 0. The van der Waals surface area contributed by atoms with Gasteiger partial charge in [0.25, 0.3) is 0 Å². The Labute approximate surface area is 73.3 Å². The van der Waals surface area contributed by atoms with Crippen molar-refractivity contribution >= 4 is 11.8 Å². The van der Waals surface area contributed by atoms with Gasteiger partial charge >= 0.3 is 0 Å². The quantitative estimate of drug-likeness (QED) is 0.625. The molecular weight excluding hydrogens is 160 g/mol. The van der Waals surface area contributed by atoms with Crippen LogP contribution >= 0.6 is 11.8 Å². The van der Waals surface area contributed by atoms with Crippen LogP contribution in [0.25, 0.3) is 0 Å². The molecule has 0 aliphatic carbocycles. The largest absolute Gasteiger partial charge is 0.395 e. The van der Waals surface area contributed by atoms with Gasteiger partial charge in [0, 0.05) is 11.0 Å². The molecule has 0 bridgehead atoms. The second-order valence-corrected chi connectivity index (χ2v) is 4.33. The van der Waals surface area contributed by atoms with Crippen LogP contribution in [0.15, 0.2) is 0 Å². The van der Waals surface area contributed by atoms with Gasteiger partial charge < -0.3 is 9.84 Å². The summed E-state index contributed by atoms with van der Waals surface area (Å²) in [6, 6.07) is 0. The zero-order valence-electron chi connectivity index (χ0n) is 7.54. The molecule has 1 atom stereocenters. The van der Waals surface area contributed by atoms with Crippen molar-refractivity contribution in [3.63, 3.8) is 0 Å². The molecule has 0 aliphatic heterocycles. The molecule has 0 radical (unpaired) electrons. The van der Waals surface area contributed by atoms with Crippen LogP contribution < -0.4 is 0 Å². The molecule has 3 heteroatoms. The van der Waals surface area contributed by atoms with Crippen LogP contribution in [0, 0.1) is 0 Å². The molecule has 0 aliphatic rings. The summed E-state index contributed by atoms with van der Waals surface area (Å²) in [6.45, 7) is 7.11. The molecule has 2 nitrogen and oxygen atoms in total. The van der Waals surface area contributed by atoms with E-state index in [0.29, 0.717) is 11.4 Å². The highest BCUT2D eigenvalue weighted by Crippen LogP contribution is 2.08. The highest BCUT2D eigenvalue weighted by Gasteiger charge is 1.99. The van der Waals surface area contributed by atoms with E-state index < -0.39 is 0 Å². The van der Waals surface area contributed by atoms with Crippen molar-refractivity contribution in [1.82, 2.24) is 0 Å². The second kappa shape index (κ2) is 6.95. The number of aliphatic hydroxyl groups excluding tert-OH is 1. The topological polar surface area (TPSA) is 29.5 Å². The fourth-order valence-electron chi connectivity index (χ4n) is 0.586. The Balaban J connectivity index is 3.01. The van der Waals surface area contributed by atoms with Gasteiger partial charge in [0.2, 0.25) is 0 Å². The zero-order valence-corrected chi connectivity index (χ0v) is 8.36. The summed E-state index contributed by atoms with van der Waals surface area (Å²) in [6.07, 6.45) is 0.319. The van der Waals surface area contributed by atoms with Crippen molar-refractivity contribution in [2.75, 3.05) is 19.0 Å². The third kappa shape index (κ3) is 8.17. The smallest absolute Gasteiger partial charge is 0.0560 e.